The number of aliphatic hydroxyl groups excluding tert-OH is 1. The monoisotopic (exact) mass is 216 g/mol. The summed E-state index contributed by atoms with van der Waals surface area (Å²) in [4.78, 5) is 13.2. The molecule has 1 amide bonds. The molecule has 0 bridgehead atoms. The minimum atomic E-state index is -0.483. The highest BCUT2D eigenvalue weighted by Crippen LogP contribution is 2.11. The Morgan fingerprint density at radius 2 is 2.27 bits per heavy atom. The topological polar surface area (TPSA) is 75.8 Å². The van der Waals surface area contributed by atoms with Crippen LogP contribution in [-0.4, -0.2) is 54.4 Å². The lowest BCUT2D eigenvalue weighted by Crippen LogP contribution is -2.51. The first-order valence-electron chi connectivity index (χ1n) is 5.41. The van der Waals surface area contributed by atoms with E-state index in [0.29, 0.717) is 6.54 Å². The van der Waals surface area contributed by atoms with Gasteiger partial charge < -0.3 is 15.6 Å². The molecule has 88 valence electrons. The Hall–Kier alpha value is -0.650. The van der Waals surface area contributed by atoms with Gasteiger partial charge in [0.1, 0.15) is 6.10 Å². The molecule has 0 aromatic rings. The summed E-state index contributed by atoms with van der Waals surface area (Å²) in [5.74, 6) is -0.395. The van der Waals surface area contributed by atoms with Gasteiger partial charge >= 0.3 is 0 Å². The highest BCUT2D eigenvalue weighted by Gasteiger charge is 2.28. The molecule has 3 N–H and O–H groups in total. The van der Waals surface area contributed by atoms with E-state index in [1.165, 1.54) is 0 Å². The van der Waals surface area contributed by atoms with E-state index >= 15 is 0 Å². The van der Waals surface area contributed by atoms with Crippen LogP contribution in [0.2, 0.25) is 0 Å². The summed E-state index contributed by atoms with van der Waals surface area (Å²) in [6.07, 6.45) is 1.30. The van der Waals surface area contributed by atoms with Crippen molar-refractivity contribution < 1.29 is 14.6 Å². The van der Waals surface area contributed by atoms with Gasteiger partial charge in [-0.15, -0.1) is 0 Å². The first kappa shape index (κ1) is 12.4. The molecule has 1 saturated heterocycles. The predicted octanol–water partition coefficient (Wildman–Crippen LogP) is -0.666. The number of carbonyl (C=O) groups excluding carboxylic acids is 1. The fourth-order valence-corrected chi connectivity index (χ4v) is 1.83. The fraction of sp³-hybridized carbons (Fsp3) is 0.900. The van der Waals surface area contributed by atoms with Gasteiger partial charge in [-0.2, -0.15) is 0 Å². The molecule has 5 heteroatoms. The number of hydrogen-bond donors (Lipinski definition) is 2. The molecule has 1 aliphatic heterocycles. The zero-order valence-electron chi connectivity index (χ0n) is 9.19. The zero-order chi connectivity index (χ0) is 11.3. The maximum absolute atomic E-state index is 11.0. The van der Waals surface area contributed by atoms with E-state index in [2.05, 4.69) is 4.90 Å². The minimum absolute atomic E-state index is 0.0466. The Kier molecular flexibility index (Phi) is 5.01. The third-order valence-corrected chi connectivity index (χ3v) is 2.54. The Morgan fingerprint density at radius 1 is 1.53 bits per heavy atom. The molecule has 0 spiro atoms. The third-order valence-electron chi connectivity index (χ3n) is 2.54. The lowest BCUT2D eigenvalue weighted by Gasteiger charge is -2.35. The summed E-state index contributed by atoms with van der Waals surface area (Å²) in [5, 5.41) is 8.67. The molecule has 0 aliphatic carbocycles. The molecule has 1 rings (SSSR count). The van der Waals surface area contributed by atoms with Crippen molar-refractivity contribution in [3.8, 4) is 0 Å². The largest absolute Gasteiger partial charge is 0.396 e. The van der Waals surface area contributed by atoms with Gasteiger partial charge in [0.2, 0.25) is 5.91 Å². The summed E-state index contributed by atoms with van der Waals surface area (Å²) in [6.45, 7) is 4.45. The van der Waals surface area contributed by atoms with Crippen LogP contribution in [-0.2, 0) is 9.53 Å². The lowest BCUT2D eigenvalue weighted by atomic mass is 10.2. The van der Waals surface area contributed by atoms with Gasteiger partial charge in [0.15, 0.2) is 0 Å². The normalized spacial score (nSPS) is 27.9. The summed E-state index contributed by atoms with van der Waals surface area (Å²) in [6, 6.07) is 0. The number of carbonyl (C=O) groups is 1. The standard InChI is InChI=1S/C10H20N2O3/c1-8-6-12(4-2-3-5-13)7-9(15-8)10(11)14/h8-9,13H,2-7H2,1H3,(H2,11,14)/t8-,9?/m1/s1. The second-order valence-electron chi connectivity index (χ2n) is 4.03. The van der Waals surface area contributed by atoms with Gasteiger partial charge in [-0.3, -0.25) is 9.69 Å². The summed E-state index contributed by atoms with van der Waals surface area (Å²) >= 11 is 0. The number of aliphatic hydroxyl groups is 1. The van der Waals surface area contributed by atoms with Crippen molar-refractivity contribution in [2.75, 3.05) is 26.2 Å². The highest BCUT2D eigenvalue weighted by atomic mass is 16.5. The van der Waals surface area contributed by atoms with E-state index in [9.17, 15) is 4.79 Å². The number of nitrogens with zero attached hydrogens (tertiary/aromatic N) is 1. The quantitative estimate of drug-likeness (QED) is 0.598. The SMILES string of the molecule is C[C@@H]1CN(CCCCO)CC(C(N)=O)O1. The van der Waals surface area contributed by atoms with Crippen LogP contribution in [0.15, 0.2) is 0 Å². The van der Waals surface area contributed by atoms with E-state index in [-0.39, 0.29) is 12.7 Å². The summed E-state index contributed by atoms with van der Waals surface area (Å²) in [7, 11) is 0. The first-order valence-corrected chi connectivity index (χ1v) is 5.41. The second kappa shape index (κ2) is 6.05. The highest BCUT2D eigenvalue weighted by molar-refractivity contribution is 5.79. The average Bonchev–Trinajstić information content (AvgIpc) is 2.17. The summed E-state index contributed by atoms with van der Waals surface area (Å²) < 4.78 is 5.42. The number of rotatable bonds is 5. The van der Waals surface area contributed by atoms with Gasteiger partial charge in [-0.05, 0) is 26.3 Å². The van der Waals surface area contributed by atoms with E-state index < -0.39 is 12.0 Å². The summed E-state index contributed by atoms with van der Waals surface area (Å²) in [5.41, 5.74) is 5.22. The Balaban J connectivity index is 2.34. The van der Waals surface area contributed by atoms with Gasteiger partial charge in [0.25, 0.3) is 0 Å². The Labute approximate surface area is 90.2 Å². The van der Waals surface area contributed by atoms with Crippen LogP contribution in [0.5, 0.6) is 0 Å². The van der Waals surface area contributed by atoms with Crippen LogP contribution in [0.1, 0.15) is 19.8 Å². The molecule has 0 aromatic heterocycles. The van der Waals surface area contributed by atoms with Crippen molar-refractivity contribution in [2.45, 2.75) is 32.0 Å². The number of morpholine rings is 1. The molecule has 0 saturated carbocycles. The second-order valence-corrected chi connectivity index (χ2v) is 4.03. The molecule has 15 heavy (non-hydrogen) atoms. The first-order chi connectivity index (χ1) is 7.13. The molecule has 1 heterocycles. The molecule has 1 fully saturated rings. The van der Waals surface area contributed by atoms with Gasteiger partial charge in [0.05, 0.1) is 6.10 Å². The number of primary amides is 1. The Morgan fingerprint density at radius 3 is 2.87 bits per heavy atom. The van der Waals surface area contributed by atoms with E-state index in [1.807, 2.05) is 6.92 Å². The van der Waals surface area contributed by atoms with Crippen LogP contribution >= 0.6 is 0 Å². The van der Waals surface area contributed by atoms with Crippen molar-refractivity contribution in [1.29, 1.82) is 0 Å². The van der Waals surface area contributed by atoms with E-state index in [1.54, 1.807) is 0 Å². The number of unbranched alkanes of at least 4 members (excludes halogenated alkanes) is 1. The molecule has 0 aromatic carbocycles. The molecule has 1 unspecified atom stereocenters. The number of nitrogens with two attached hydrogens (primary N) is 1. The molecular weight excluding hydrogens is 196 g/mol. The van der Waals surface area contributed by atoms with Crippen LogP contribution in [0.3, 0.4) is 0 Å². The van der Waals surface area contributed by atoms with Crippen molar-refractivity contribution in [2.24, 2.45) is 5.73 Å². The maximum atomic E-state index is 11.0. The zero-order valence-corrected chi connectivity index (χ0v) is 9.19. The number of ether oxygens (including phenoxy) is 1. The smallest absolute Gasteiger partial charge is 0.247 e. The molecular formula is C10H20N2O3. The molecule has 1 aliphatic rings. The minimum Gasteiger partial charge on any atom is -0.396 e. The maximum Gasteiger partial charge on any atom is 0.247 e. The van der Waals surface area contributed by atoms with Crippen LogP contribution in [0, 0.1) is 0 Å². The molecule has 2 atom stereocenters. The third kappa shape index (κ3) is 4.15. The van der Waals surface area contributed by atoms with Gasteiger partial charge in [-0.25, -0.2) is 0 Å². The molecule has 5 nitrogen and oxygen atoms in total. The van der Waals surface area contributed by atoms with Crippen molar-refractivity contribution in [3.63, 3.8) is 0 Å². The van der Waals surface area contributed by atoms with Crippen molar-refractivity contribution in [1.82, 2.24) is 4.90 Å². The van der Waals surface area contributed by atoms with E-state index in [0.717, 1.165) is 25.9 Å². The van der Waals surface area contributed by atoms with Gasteiger partial charge in [-0.1, -0.05) is 0 Å². The van der Waals surface area contributed by atoms with Crippen LogP contribution < -0.4 is 5.73 Å². The Bertz CT molecular complexity index is 211. The van der Waals surface area contributed by atoms with E-state index in [4.69, 9.17) is 15.6 Å². The molecule has 0 radical (unpaired) electrons. The average molecular weight is 216 g/mol. The van der Waals surface area contributed by atoms with Crippen LogP contribution in [0.4, 0.5) is 0 Å². The number of hydrogen-bond acceptors (Lipinski definition) is 4. The predicted molar refractivity (Wildman–Crippen MR) is 56.3 cm³/mol. The number of amides is 1. The van der Waals surface area contributed by atoms with Crippen molar-refractivity contribution >= 4 is 5.91 Å². The lowest BCUT2D eigenvalue weighted by molar-refractivity contribution is -0.142. The fourth-order valence-electron chi connectivity index (χ4n) is 1.83. The van der Waals surface area contributed by atoms with Crippen LogP contribution in [0.25, 0.3) is 0 Å². The van der Waals surface area contributed by atoms with Crippen molar-refractivity contribution in [3.05, 3.63) is 0 Å². The van der Waals surface area contributed by atoms with Gasteiger partial charge in [0, 0.05) is 19.7 Å².